The summed E-state index contributed by atoms with van der Waals surface area (Å²) in [4.78, 5) is 0. The van der Waals surface area contributed by atoms with Gasteiger partial charge in [-0.15, -0.1) is 0 Å². The maximum atomic E-state index is 6.59. The molecule has 0 bridgehead atoms. The van der Waals surface area contributed by atoms with Gasteiger partial charge in [-0.2, -0.15) is 5.10 Å². The fourth-order valence-electron chi connectivity index (χ4n) is 5.20. The van der Waals surface area contributed by atoms with Crippen molar-refractivity contribution in [2.45, 2.75) is 32.5 Å². The molecule has 0 fully saturated rings. The fourth-order valence-corrected chi connectivity index (χ4v) is 5.20. The van der Waals surface area contributed by atoms with Gasteiger partial charge in [0.2, 0.25) is 6.23 Å². The molecule has 0 radical (unpaired) electrons. The lowest BCUT2D eigenvalue weighted by Crippen LogP contribution is -2.33. The largest absolute Gasteiger partial charge is 0.464 e. The van der Waals surface area contributed by atoms with Crippen molar-refractivity contribution in [3.63, 3.8) is 0 Å². The summed E-state index contributed by atoms with van der Waals surface area (Å²) in [5.74, 6) is 1.68. The van der Waals surface area contributed by atoms with Gasteiger partial charge in [0.25, 0.3) is 0 Å². The number of hydrogen-bond acceptors (Lipinski definition) is 5. The van der Waals surface area contributed by atoms with Gasteiger partial charge in [0.1, 0.15) is 11.3 Å². The topological polar surface area (TPSA) is 50.9 Å². The molecular formula is C31H25N3O2. The molecule has 176 valence electrons. The molecule has 0 saturated heterocycles. The standard InChI is InChI=1S/C31H25N3O2/c1-19-7-11-21(12-8-19)27-18-28-24-5-3-4-6-29(24)35-31(34(28)32-27)23-15-16-26-25(17-23)30(36-33-26)22-13-9-20(2)10-14-22/h3-17,28,31H,18H2,1-2H3/t28-,31-/m1/s1. The van der Waals surface area contributed by atoms with Crippen molar-refractivity contribution in [2.24, 2.45) is 5.10 Å². The van der Waals surface area contributed by atoms with Gasteiger partial charge in [-0.3, -0.25) is 0 Å². The molecule has 5 heteroatoms. The summed E-state index contributed by atoms with van der Waals surface area (Å²) in [7, 11) is 0. The number of nitrogens with zero attached hydrogens (tertiary/aromatic N) is 3. The van der Waals surface area contributed by atoms with Crippen molar-refractivity contribution in [3.8, 4) is 17.1 Å². The Morgan fingerprint density at radius 3 is 2.31 bits per heavy atom. The smallest absolute Gasteiger partial charge is 0.213 e. The van der Waals surface area contributed by atoms with Crippen LogP contribution in [0.5, 0.6) is 5.75 Å². The predicted octanol–water partition coefficient (Wildman–Crippen LogP) is 7.35. The molecule has 7 rings (SSSR count). The number of aromatic nitrogens is 1. The van der Waals surface area contributed by atoms with Crippen molar-refractivity contribution in [3.05, 3.63) is 119 Å². The number of hydrazone groups is 1. The molecule has 0 aliphatic carbocycles. The average molecular weight is 472 g/mol. The van der Waals surface area contributed by atoms with Crippen molar-refractivity contribution < 1.29 is 9.26 Å². The monoisotopic (exact) mass is 471 g/mol. The van der Waals surface area contributed by atoms with Crippen LogP contribution in [0.1, 0.15) is 46.5 Å². The maximum absolute atomic E-state index is 6.59. The van der Waals surface area contributed by atoms with E-state index in [0.717, 1.165) is 51.2 Å². The lowest BCUT2D eigenvalue weighted by molar-refractivity contribution is -0.0189. The van der Waals surface area contributed by atoms with E-state index in [-0.39, 0.29) is 12.3 Å². The summed E-state index contributed by atoms with van der Waals surface area (Å²) < 4.78 is 12.4. The molecule has 2 aliphatic rings. The average Bonchev–Trinajstić information content (AvgIpc) is 3.54. The van der Waals surface area contributed by atoms with Gasteiger partial charge in [-0.25, -0.2) is 5.01 Å². The second kappa shape index (κ2) is 8.09. The first-order chi connectivity index (χ1) is 17.6. The van der Waals surface area contributed by atoms with Crippen molar-refractivity contribution in [2.75, 3.05) is 0 Å². The number of hydrogen-bond donors (Lipinski definition) is 0. The van der Waals surface area contributed by atoms with Crippen LogP contribution in [0.3, 0.4) is 0 Å². The van der Waals surface area contributed by atoms with E-state index >= 15 is 0 Å². The molecule has 4 aromatic carbocycles. The van der Waals surface area contributed by atoms with E-state index in [1.807, 2.05) is 12.1 Å². The quantitative estimate of drug-likeness (QED) is 0.276. The fraction of sp³-hybridized carbons (Fsp3) is 0.161. The van der Waals surface area contributed by atoms with Crippen LogP contribution in [0.2, 0.25) is 0 Å². The highest BCUT2D eigenvalue weighted by Gasteiger charge is 2.41. The third-order valence-corrected chi connectivity index (χ3v) is 7.18. The molecule has 0 N–H and O–H groups in total. The molecule has 0 saturated carbocycles. The van der Waals surface area contributed by atoms with Crippen molar-refractivity contribution in [1.82, 2.24) is 10.2 Å². The summed E-state index contributed by atoms with van der Waals surface area (Å²) in [5.41, 5.74) is 8.71. The Hall–Kier alpha value is -4.38. The molecule has 0 amide bonds. The highest BCUT2D eigenvalue weighted by atomic mass is 16.5. The molecule has 2 aliphatic heterocycles. The summed E-state index contributed by atoms with van der Waals surface area (Å²) in [6.45, 7) is 4.19. The van der Waals surface area contributed by atoms with Crippen LogP contribution >= 0.6 is 0 Å². The lowest BCUT2D eigenvalue weighted by Gasteiger charge is -2.38. The third kappa shape index (κ3) is 3.39. The number of para-hydroxylation sites is 1. The van der Waals surface area contributed by atoms with Gasteiger partial charge in [0.15, 0.2) is 5.76 Å². The first kappa shape index (κ1) is 20.9. The summed E-state index contributed by atoms with van der Waals surface area (Å²) in [6.07, 6.45) is 0.488. The van der Waals surface area contributed by atoms with Crippen LogP contribution in [-0.4, -0.2) is 15.9 Å². The Morgan fingerprint density at radius 1 is 0.806 bits per heavy atom. The second-order valence-corrected chi connectivity index (χ2v) is 9.67. The zero-order chi connectivity index (χ0) is 24.2. The van der Waals surface area contributed by atoms with Crippen LogP contribution in [0, 0.1) is 13.8 Å². The normalized spacial score (nSPS) is 18.5. The van der Waals surface area contributed by atoms with E-state index in [1.165, 1.54) is 16.7 Å². The Balaban J connectivity index is 1.33. The third-order valence-electron chi connectivity index (χ3n) is 7.18. The summed E-state index contributed by atoms with van der Waals surface area (Å²) in [6, 6.07) is 31.6. The molecule has 3 heterocycles. The highest BCUT2D eigenvalue weighted by Crippen LogP contribution is 2.48. The summed E-state index contributed by atoms with van der Waals surface area (Å²) >= 11 is 0. The SMILES string of the molecule is Cc1ccc(C2=NN3[C@H](C2)c2ccccc2O[C@@H]3c2ccc3noc(-c4ccc(C)cc4)c3c2)cc1. The van der Waals surface area contributed by atoms with Crippen LogP contribution in [0.4, 0.5) is 0 Å². The van der Waals surface area contributed by atoms with Gasteiger partial charge in [-0.1, -0.05) is 89.1 Å². The van der Waals surface area contributed by atoms with Gasteiger partial charge in [0.05, 0.1) is 17.1 Å². The predicted molar refractivity (Wildman–Crippen MR) is 141 cm³/mol. The zero-order valence-corrected chi connectivity index (χ0v) is 20.2. The van der Waals surface area contributed by atoms with Crippen LogP contribution in [0.15, 0.2) is 101 Å². The number of rotatable bonds is 3. The molecule has 5 nitrogen and oxygen atoms in total. The number of benzene rings is 4. The Labute approximate surface area is 209 Å². The minimum Gasteiger partial charge on any atom is -0.464 e. The molecule has 1 aromatic heterocycles. The minimum absolute atomic E-state index is 0.117. The Morgan fingerprint density at radius 2 is 1.53 bits per heavy atom. The van der Waals surface area contributed by atoms with Crippen LogP contribution in [-0.2, 0) is 0 Å². The van der Waals surface area contributed by atoms with E-state index < -0.39 is 0 Å². The lowest BCUT2D eigenvalue weighted by atomic mass is 9.95. The molecular weight excluding hydrogens is 446 g/mol. The van der Waals surface area contributed by atoms with E-state index in [2.05, 4.69) is 103 Å². The molecule has 2 atom stereocenters. The van der Waals surface area contributed by atoms with E-state index in [0.29, 0.717) is 0 Å². The van der Waals surface area contributed by atoms with Crippen molar-refractivity contribution in [1.29, 1.82) is 0 Å². The zero-order valence-electron chi connectivity index (χ0n) is 20.2. The van der Waals surface area contributed by atoms with E-state index in [1.54, 1.807) is 0 Å². The van der Waals surface area contributed by atoms with Gasteiger partial charge in [0, 0.05) is 23.1 Å². The number of fused-ring (bicyclic) bond motifs is 4. The minimum atomic E-state index is -0.349. The molecule has 0 spiro atoms. The highest BCUT2D eigenvalue weighted by molar-refractivity contribution is 6.02. The van der Waals surface area contributed by atoms with Gasteiger partial charge < -0.3 is 9.26 Å². The van der Waals surface area contributed by atoms with Gasteiger partial charge >= 0.3 is 0 Å². The first-order valence-corrected chi connectivity index (χ1v) is 12.3. The van der Waals surface area contributed by atoms with E-state index in [9.17, 15) is 0 Å². The Kier molecular flexibility index (Phi) is 4.71. The second-order valence-electron chi connectivity index (χ2n) is 9.67. The van der Waals surface area contributed by atoms with Crippen LogP contribution < -0.4 is 4.74 Å². The molecule has 36 heavy (non-hydrogen) atoms. The Bertz CT molecular complexity index is 1620. The molecule has 0 unspecified atom stereocenters. The number of ether oxygens (including phenoxy) is 1. The van der Waals surface area contributed by atoms with Gasteiger partial charge in [-0.05, 0) is 37.6 Å². The maximum Gasteiger partial charge on any atom is 0.213 e. The van der Waals surface area contributed by atoms with E-state index in [4.69, 9.17) is 14.4 Å². The number of aryl methyl sites for hydroxylation is 2. The van der Waals surface area contributed by atoms with Crippen molar-refractivity contribution >= 4 is 16.6 Å². The van der Waals surface area contributed by atoms with Crippen LogP contribution in [0.25, 0.3) is 22.2 Å². The molecule has 5 aromatic rings. The summed E-state index contributed by atoms with van der Waals surface area (Å²) in [5, 5.41) is 12.5. The first-order valence-electron chi connectivity index (χ1n) is 12.3.